The largest absolute Gasteiger partial charge is 0.410 e. The number of rotatable bonds is 4. The van der Waals surface area contributed by atoms with Gasteiger partial charge in [0, 0.05) is 16.1 Å². The lowest BCUT2D eigenvalue weighted by atomic mass is 10.0. The van der Waals surface area contributed by atoms with Crippen molar-refractivity contribution in [1.82, 2.24) is 0 Å². The second-order valence-corrected chi connectivity index (χ2v) is 4.92. The molecule has 0 amide bonds. The number of oxime groups is 1. The Labute approximate surface area is 132 Å². The van der Waals surface area contributed by atoms with Gasteiger partial charge in [0.25, 0.3) is 0 Å². The average Bonchev–Trinajstić information content (AvgIpc) is 2.51. The topological polar surface area (TPSA) is 71.0 Å². The predicted octanol–water partition coefficient (Wildman–Crippen LogP) is 3.79. The van der Waals surface area contributed by atoms with Gasteiger partial charge in [-0.15, -0.1) is 11.6 Å². The zero-order valence-corrected chi connectivity index (χ0v) is 12.5. The van der Waals surface area contributed by atoms with Crippen LogP contribution in [0, 0.1) is 0 Å². The van der Waals surface area contributed by atoms with Crippen molar-refractivity contribution in [3.8, 4) is 0 Å². The molecule has 2 rings (SSSR count). The van der Waals surface area contributed by atoms with Gasteiger partial charge in [-0.3, -0.25) is 0 Å². The van der Waals surface area contributed by atoms with Crippen LogP contribution in [0.15, 0.2) is 58.7 Å². The van der Waals surface area contributed by atoms with E-state index < -0.39 is 0 Å². The fourth-order valence-electron chi connectivity index (χ4n) is 1.84. The lowest BCUT2D eigenvalue weighted by Crippen LogP contribution is -2.13. The van der Waals surface area contributed by atoms with Gasteiger partial charge < -0.3 is 10.9 Å². The molecule has 2 aromatic rings. The molecule has 0 aromatic heterocycles. The van der Waals surface area contributed by atoms with Gasteiger partial charge >= 0.3 is 0 Å². The van der Waals surface area contributed by atoms with E-state index in [0.29, 0.717) is 22.0 Å². The molecule has 3 N–H and O–H groups in total. The summed E-state index contributed by atoms with van der Waals surface area (Å²) in [4.78, 5) is 4.22. The van der Waals surface area contributed by atoms with E-state index in [1.165, 1.54) is 0 Å². The number of amidine groups is 1. The van der Waals surface area contributed by atoms with Gasteiger partial charge in [-0.1, -0.05) is 47.1 Å². The quantitative estimate of drug-likeness (QED) is 0.295. The molecule has 4 nitrogen and oxygen atoms in total. The molecule has 0 aliphatic heterocycles. The summed E-state index contributed by atoms with van der Waals surface area (Å²) in [6.45, 7) is 0. The molecule has 0 radical (unpaired) electrons. The Morgan fingerprint density at radius 1 is 1.14 bits per heavy atom. The first-order chi connectivity index (χ1) is 10.2. The third kappa shape index (κ3) is 3.74. The van der Waals surface area contributed by atoms with E-state index in [1.54, 1.807) is 18.2 Å². The van der Waals surface area contributed by atoms with Crippen LogP contribution in [0.4, 0.5) is 5.69 Å². The van der Waals surface area contributed by atoms with Crippen molar-refractivity contribution in [3.63, 3.8) is 0 Å². The Morgan fingerprint density at radius 3 is 2.48 bits per heavy atom. The molecule has 6 heteroatoms. The van der Waals surface area contributed by atoms with Crippen molar-refractivity contribution in [3.05, 3.63) is 64.7 Å². The van der Waals surface area contributed by atoms with E-state index in [-0.39, 0.29) is 11.7 Å². The van der Waals surface area contributed by atoms with E-state index in [1.807, 2.05) is 30.3 Å². The summed E-state index contributed by atoms with van der Waals surface area (Å²) >= 11 is 11.7. The molecule has 0 unspecified atom stereocenters. The molecule has 21 heavy (non-hydrogen) atoms. The normalized spacial score (nSPS) is 12.5. The van der Waals surface area contributed by atoms with E-state index in [0.717, 1.165) is 5.56 Å². The van der Waals surface area contributed by atoms with Crippen LogP contribution < -0.4 is 5.73 Å². The summed E-state index contributed by atoms with van der Waals surface area (Å²) in [5.41, 5.74) is 7.88. The van der Waals surface area contributed by atoms with Gasteiger partial charge in [0.1, 0.15) is 11.5 Å². The fraction of sp³-hybridized carbons (Fsp3) is 0.0667. The monoisotopic (exact) mass is 321 g/mol. The molecule has 108 valence electrons. The minimum Gasteiger partial charge on any atom is -0.410 e. The molecule has 0 saturated heterocycles. The molecule has 0 fully saturated rings. The number of nitrogens with two attached hydrogens (primary N) is 1. The van der Waals surface area contributed by atoms with Crippen LogP contribution in [0.3, 0.4) is 0 Å². The van der Waals surface area contributed by atoms with Gasteiger partial charge in [-0.05, 0) is 18.2 Å². The van der Waals surface area contributed by atoms with Gasteiger partial charge in [0.2, 0.25) is 0 Å². The number of aliphatic imine (C=N–C) groups is 1. The molecule has 0 aliphatic rings. The van der Waals surface area contributed by atoms with Crippen LogP contribution in [0.2, 0.25) is 5.02 Å². The number of halogens is 2. The molecule has 0 spiro atoms. The third-order valence-electron chi connectivity index (χ3n) is 2.76. The highest BCUT2D eigenvalue weighted by atomic mass is 35.5. The number of hydrogen-bond donors (Lipinski definition) is 2. The van der Waals surface area contributed by atoms with Crippen molar-refractivity contribution in [2.45, 2.75) is 0 Å². The first-order valence-corrected chi connectivity index (χ1v) is 7.03. The Kier molecular flexibility index (Phi) is 5.20. The molecule has 0 aliphatic carbocycles. The minimum absolute atomic E-state index is 0.110. The molecule has 0 heterocycles. The van der Waals surface area contributed by atoms with Crippen LogP contribution in [-0.2, 0) is 0 Å². The summed E-state index contributed by atoms with van der Waals surface area (Å²) in [7, 11) is 0. The summed E-state index contributed by atoms with van der Waals surface area (Å²) in [5.74, 6) is 0.379. The minimum atomic E-state index is 0.110. The molecule has 2 aromatic carbocycles. The Balaban J connectivity index is 2.58. The number of hydrogen-bond acceptors (Lipinski definition) is 3. The van der Waals surface area contributed by atoms with Gasteiger partial charge in [0.05, 0.1) is 11.6 Å². The maximum atomic E-state index is 9.38. The second kappa shape index (κ2) is 7.11. The van der Waals surface area contributed by atoms with Crippen molar-refractivity contribution in [2.24, 2.45) is 15.9 Å². The SMILES string of the molecule is NC(CCl)=Nc1ccc(Cl)cc1/C(=N/O)c1ccccc1. The summed E-state index contributed by atoms with van der Waals surface area (Å²) < 4.78 is 0. The van der Waals surface area contributed by atoms with Crippen LogP contribution >= 0.6 is 23.2 Å². The molecular weight excluding hydrogens is 309 g/mol. The lowest BCUT2D eigenvalue weighted by Gasteiger charge is -2.09. The first-order valence-electron chi connectivity index (χ1n) is 6.12. The highest BCUT2D eigenvalue weighted by Crippen LogP contribution is 2.26. The standard InChI is InChI=1S/C15H13Cl2N3O/c16-9-14(18)19-13-7-6-11(17)8-12(13)15(20-21)10-4-2-1-3-5-10/h1-8,21H,9H2,(H2,18,19)/b20-15+. The average molecular weight is 322 g/mol. The number of benzene rings is 2. The van der Waals surface area contributed by atoms with E-state index in [2.05, 4.69) is 10.1 Å². The Morgan fingerprint density at radius 2 is 1.86 bits per heavy atom. The molecule has 0 atom stereocenters. The van der Waals surface area contributed by atoms with E-state index in [9.17, 15) is 5.21 Å². The third-order valence-corrected chi connectivity index (χ3v) is 3.27. The summed E-state index contributed by atoms with van der Waals surface area (Å²) in [6, 6.07) is 14.3. The maximum absolute atomic E-state index is 9.38. The Hall–Kier alpha value is -2.04. The van der Waals surface area contributed by atoms with Crippen LogP contribution in [-0.4, -0.2) is 22.6 Å². The number of nitrogens with zero attached hydrogens (tertiary/aromatic N) is 2. The summed E-state index contributed by atoms with van der Waals surface area (Å²) in [5, 5.41) is 13.3. The zero-order valence-electron chi connectivity index (χ0n) is 11.0. The van der Waals surface area contributed by atoms with Gasteiger partial charge in [-0.25, -0.2) is 4.99 Å². The second-order valence-electron chi connectivity index (χ2n) is 4.21. The lowest BCUT2D eigenvalue weighted by molar-refractivity contribution is 0.319. The Bertz CT molecular complexity index is 685. The molecule has 0 bridgehead atoms. The molecule has 0 saturated carbocycles. The maximum Gasteiger partial charge on any atom is 0.119 e. The van der Waals surface area contributed by atoms with Gasteiger partial charge in [0.15, 0.2) is 0 Å². The zero-order chi connectivity index (χ0) is 15.2. The highest BCUT2D eigenvalue weighted by Gasteiger charge is 2.13. The van der Waals surface area contributed by atoms with E-state index >= 15 is 0 Å². The van der Waals surface area contributed by atoms with Gasteiger partial charge in [-0.2, -0.15) is 0 Å². The van der Waals surface area contributed by atoms with Crippen molar-refractivity contribution in [2.75, 3.05) is 5.88 Å². The van der Waals surface area contributed by atoms with Crippen molar-refractivity contribution < 1.29 is 5.21 Å². The van der Waals surface area contributed by atoms with Crippen LogP contribution in [0.25, 0.3) is 0 Å². The summed E-state index contributed by atoms with van der Waals surface area (Å²) in [6.07, 6.45) is 0. The fourth-order valence-corrected chi connectivity index (χ4v) is 2.08. The van der Waals surface area contributed by atoms with Crippen LogP contribution in [0.1, 0.15) is 11.1 Å². The predicted molar refractivity (Wildman–Crippen MR) is 87.3 cm³/mol. The van der Waals surface area contributed by atoms with Crippen molar-refractivity contribution in [1.29, 1.82) is 0 Å². The smallest absolute Gasteiger partial charge is 0.119 e. The van der Waals surface area contributed by atoms with Crippen molar-refractivity contribution >= 4 is 40.4 Å². The van der Waals surface area contributed by atoms with E-state index in [4.69, 9.17) is 28.9 Å². The molecular formula is C15H13Cl2N3O. The number of alkyl halides is 1. The van der Waals surface area contributed by atoms with Crippen LogP contribution in [0.5, 0.6) is 0 Å². The highest BCUT2D eigenvalue weighted by molar-refractivity contribution is 6.31. The first kappa shape index (κ1) is 15.4.